The Kier molecular flexibility index (Phi) is 6.45. The van der Waals surface area contributed by atoms with Gasteiger partial charge in [0.05, 0.1) is 0 Å². The van der Waals surface area contributed by atoms with E-state index in [0.717, 1.165) is 19.3 Å². The van der Waals surface area contributed by atoms with Gasteiger partial charge in [0.2, 0.25) is 5.91 Å². The van der Waals surface area contributed by atoms with Gasteiger partial charge in [-0.05, 0) is 46.5 Å². The molecule has 0 radical (unpaired) electrons. The molecule has 0 heterocycles. The summed E-state index contributed by atoms with van der Waals surface area (Å²) in [7, 11) is 0. The largest absolute Gasteiger partial charge is 0.444 e. The molecule has 0 aromatic carbocycles. The molecule has 0 saturated heterocycles. The van der Waals surface area contributed by atoms with Crippen LogP contribution >= 0.6 is 0 Å². The second-order valence-corrected chi connectivity index (χ2v) is 6.92. The summed E-state index contributed by atoms with van der Waals surface area (Å²) < 4.78 is 5.23. The summed E-state index contributed by atoms with van der Waals surface area (Å²) in [5.41, 5.74) is 4.73. The van der Waals surface area contributed by atoms with Crippen molar-refractivity contribution in [3.63, 3.8) is 0 Å². The molecular weight excluding hydrogens is 270 g/mol. The molecule has 1 saturated carbocycles. The van der Waals surface area contributed by atoms with Gasteiger partial charge in [-0.25, -0.2) is 4.79 Å². The molecule has 0 bridgehead atoms. The second kappa shape index (κ2) is 7.64. The lowest BCUT2D eigenvalue weighted by molar-refractivity contribution is -0.118. The van der Waals surface area contributed by atoms with E-state index in [1.54, 1.807) is 0 Å². The van der Waals surface area contributed by atoms with E-state index in [4.69, 9.17) is 10.5 Å². The average molecular weight is 299 g/mol. The van der Waals surface area contributed by atoms with Gasteiger partial charge in [-0.3, -0.25) is 4.79 Å². The van der Waals surface area contributed by atoms with Gasteiger partial charge in [0.15, 0.2) is 0 Å². The zero-order valence-corrected chi connectivity index (χ0v) is 13.6. The Morgan fingerprint density at radius 1 is 1.33 bits per heavy atom. The Balaban J connectivity index is 2.36. The Morgan fingerprint density at radius 2 is 2.00 bits per heavy atom. The predicted octanol–water partition coefficient (Wildman–Crippen LogP) is 1.53. The first-order valence-electron chi connectivity index (χ1n) is 7.68. The highest BCUT2D eigenvalue weighted by Gasteiger charge is 2.29. The number of carbonyl (C=O) groups excluding carboxylic acids is 2. The van der Waals surface area contributed by atoms with Crippen molar-refractivity contribution in [3.8, 4) is 0 Å². The van der Waals surface area contributed by atoms with Crippen LogP contribution in [0.4, 0.5) is 4.79 Å². The summed E-state index contributed by atoms with van der Waals surface area (Å²) in [6.45, 7) is 8.09. The van der Waals surface area contributed by atoms with Gasteiger partial charge in [0, 0.05) is 25.0 Å². The predicted molar refractivity (Wildman–Crippen MR) is 81.8 cm³/mol. The maximum atomic E-state index is 11.7. The van der Waals surface area contributed by atoms with Crippen molar-refractivity contribution >= 4 is 12.0 Å². The van der Waals surface area contributed by atoms with Gasteiger partial charge in [0.25, 0.3) is 0 Å². The number of rotatable bonds is 6. The van der Waals surface area contributed by atoms with Crippen LogP contribution in [-0.2, 0) is 9.53 Å². The topological polar surface area (TPSA) is 93.5 Å². The van der Waals surface area contributed by atoms with E-state index < -0.39 is 5.60 Å². The molecule has 6 heteroatoms. The van der Waals surface area contributed by atoms with Crippen molar-refractivity contribution < 1.29 is 14.3 Å². The van der Waals surface area contributed by atoms with Crippen LogP contribution in [0.5, 0.6) is 0 Å². The summed E-state index contributed by atoms with van der Waals surface area (Å²) in [5, 5.41) is 6.27. The smallest absolute Gasteiger partial charge is 0.407 e. The summed E-state index contributed by atoms with van der Waals surface area (Å²) in [6, 6.07) is 0.379. The van der Waals surface area contributed by atoms with Crippen molar-refractivity contribution in [1.82, 2.24) is 10.6 Å². The normalized spacial score (nSPS) is 23.6. The molecule has 0 aliphatic heterocycles. The minimum atomic E-state index is -0.479. The summed E-state index contributed by atoms with van der Waals surface area (Å²) >= 11 is 0. The van der Waals surface area contributed by atoms with Crippen LogP contribution in [0.3, 0.4) is 0 Å². The van der Waals surface area contributed by atoms with Crippen LogP contribution < -0.4 is 16.4 Å². The van der Waals surface area contributed by atoms with Crippen LogP contribution in [-0.4, -0.2) is 36.2 Å². The van der Waals surface area contributed by atoms with Gasteiger partial charge >= 0.3 is 6.09 Å². The van der Waals surface area contributed by atoms with Gasteiger partial charge < -0.3 is 21.1 Å². The third kappa shape index (κ3) is 7.32. The highest BCUT2D eigenvalue weighted by Crippen LogP contribution is 2.25. The molecule has 6 nitrogen and oxygen atoms in total. The molecule has 3 atom stereocenters. The number of carbonyl (C=O) groups is 2. The maximum absolute atomic E-state index is 11.7. The first kappa shape index (κ1) is 17.8. The van der Waals surface area contributed by atoms with E-state index in [1.165, 1.54) is 0 Å². The van der Waals surface area contributed by atoms with Crippen LogP contribution in [0.2, 0.25) is 0 Å². The van der Waals surface area contributed by atoms with E-state index in [1.807, 2.05) is 27.7 Å². The Morgan fingerprint density at radius 3 is 2.57 bits per heavy atom. The highest BCUT2D eigenvalue weighted by atomic mass is 16.6. The zero-order valence-electron chi connectivity index (χ0n) is 13.6. The molecule has 2 amide bonds. The number of alkyl carbamates (subject to hydrolysis) is 1. The van der Waals surface area contributed by atoms with E-state index in [9.17, 15) is 9.59 Å². The maximum Gasteiger partial charge on any atom is 0.407 e. The van der Waals surface area contributed by atoms with E-state index >= 15 is 0 Å². The van der Waals surface area contributed by atoms with E-state index in [-0.39, 0.29) is 18.0 Å². The lowest BCUT2D eigenvalue weighted by atomic mass is 10.0. The fourth-order valence-electron chi connectivity index (χ4n) is 2.76. The summed E-state index contributed by atoms with van der Waals surface area (Å²) in [5.74, 6) is 0.0734. The number of nitrogens with one attached hydrogen (secondary N) is 2. The van der Waals surface area contributed by atoms with Crippen molar-refractivity contribution in [2.45, 2.75) is 71.1 Å². The monoisotopic (exact) mass is 299 g/mol. The quantitative estimate of drug-likeness (QED) is 0.693. The summed E-state index contributed by atoms with van der Waals surface area (Å²) in [6.07, 6.45) is 3.21. The molecule has 0 aromatic heterocycles. The zero-order chi connectivity index (χ0) is 16.0. The van der Waals surface area contributed by atoms with E-state index in [2.05, 4.69) is 10.6 Å². The number of hydrogen-bond donors (Lipinski definition) is 3. The molecule has 1 aliphatic carbocycles. The van der Waals surface area contributed by atoms with Crippen LogP contribution in [0.15, 0.2) is 0 Å². The van der Waals surface area contributed by atoms with Crippen molar-refractivity contribution in [2.75, 3.05) is 6.54 Å². The fourth-order valence-corrected chi connectivity index (χ4v) is 2.76. The fraction of sp³-hybridized carbons (Fsp3) is 0.867. The van der Waals surface area contributed by atoms with Gasteiger partial charge in [-0.2, -0.15) is 0 Å². The number of primary amides is 1. The van der Waals surface area contributed by atoms with E-state index in [0.29, 0.717) is 24.9 Å². The minimum Gasteiger partial charge on any atom is -0.444 e. The Bertz CT molecular complexity index is 366. The molecule has 122 valence electrons. The van der Waals surface area contributed by atoms with Gasteiger partial charge in [-0.15, -0.1) is 0 Å². The molecule has 3 unspecified atom stereocenters. The van der Waals surface area contributed by atoms with Gasteiger partial charge in [-0.1, -0.05) is 6.42 Å². The first-order valence-corrected chi connectivity index (χ1v) is 7.68. The molecule has 4 N–H and O–H groups in total. The average Bonchev–Trinajstić information content (AvgIpc) is 2.70. The molecule has 1 fully saturated rings. The lowest BCUT2D eigenvalue weighted by Gasteiger charge is -2.25. The van der Waals surface area contributed by atoms with Crippen molar-refractivity contribution in [3.05, 3.63) is 0 Å². The Hall–Kier alpha value is -1.30. The number of ether oxygens (including phenoxy) is 1. The lowest BCUT2D eigenvalue weighted by Crippen LogP contribution is -2.44. The standard InChI is InChI=1S/C15H29N3O3/c1-10(8-13(16)19)18-12-7-5-6-11(12)9-17-14(20)21-15(2,3)4/h10-12,18H,5-9H2,1-4H3,(H2,16,19)(H,17,20). The summed E-state index contributed by atoms with van der Waals surface area (Å²) in [4.78, 5) is 22.6. The second-order valence-electron chi connectivity index (χ2n) is 6.92. The number of nitrogens with two attached hydrogens (primary N) is 1. The molecule has 0 aromatic rings. The molecule has 1 aliphatic rings. The van der Waals surface area contributed by atoms with Crippen molar-refractivity contribution in [2.24, 2.45) is 11.7 Å². The van der Waals surface area contributed by atoms with Crippen molar-refractivity contribution in [1.29, 1.82) is 0 Å². The van der Waals surface area contributed by atoms with Crippen LogP contribution in [0.1, 0.15) is 53.4 Å². The third-order valence-corrected chi connectivity index (χ3v) is 3.57. The molecular formula is C15H29N3O3. The minimum absolute atomic E-state index is 0.0645. The van der Waals surface area contributed by atoms with Crippen LogP contribution in [0.25, 0.3) is 0 Å². The first-order chi connectivity index (χ1) is 9.67. The molecule has 21 heavy (non-hydrogen) atoms. The molecule has 1 rings (SSSR count). The highest BCUT2D eigenvalue weighted by molar-refractivity contribution is 5.74. The number of hydrogen-bond acceptors (Lipinski definition) is 4. The SMILES string of the molecule is CC(CC(N)=O)NC1CCCC1CNC(=O)OC(C)(C)C. The van der Waals surface area contributed by atoms with Crippen LogP contribution in [0, 0.1) is 5.92 Å². The van der Waals surface area contributed by atoms with Gasteiger partial charge in [0.1, 0.15) is 5.60 Å². The number of amides is 2. The molecule has 0 spiro atoms. The third-order valence-electron chi connectivity index (χ3n) is 3.57. The Labute approximate surface area is 127 Å².